The van der Waals surface area contributed by atoms with Crippen LogP contribution in [0.15, 0.2) is 24.3 Å². The largest absolute Gasteiger partial charge is 0.497 e. The molecule has 3 heteroatoms. The number of hydrogen-bond acceptors (Lipinski definition) is 3. The fourth-order valence-electron chi connectivity index (χ4n) is 1.00. The average molecular weight is 179 g/mol. The first kappa shape index (κ1) is 9.58. The normalized spacial score (nSPS) is 9.31. The zero-order chi connectivity index (χ0) is 9.52. The second-order valence-corrected chi connectivity index (χ2v) is 2.53. The summed E-state index contributed by atoms with van der Waals surface area (Å²) >= 11 is 0. The van der Waals surface area contributed by atoms with Crippen molar-refractivity contribution < 1.29 is 14.3 Å². The Kier molecular flexibility index (Phi) is 3.82. The summed E-state index contributed by atoms with van der Waals surface area (Å²) in [6, 6.07) is 7.62. The zero-order valence-electron chi connectivity index (χ0n) is 7.45. The van der Waals surface area contributed by atoms with Crippen LogP contribution in [-0.2, 0) is 16.0 Å². The van der Waals surface area contributed by atoms with Gasteiger partial charge < -0.3 is 9.47 Å². The Morgan fingerprint density at radius 1 is 1.31 bits per heavy atom. The third-order valence-electron chi connectivity index (χ3n) is 1.71. The molecule has 0 saturated carbocycles. The van der Waals surface area contributed by atoms with Crippen molar-refractivity contribution >= 4 is 6.47 Å². The van der Waals surface area contributed by atoms with Crippen molar-refractivity contribution in [2.24, 2.45) is 0 Å². The van der Waals surface area contributed by atoms with Crippen molar-refractivity contribution in [3.8, 4) is 5.75 Å². The average Bonchev–Trinajstić information content (AvgIpc) is 2.19. The standard InChI is InChI=1S/C10H11O3/c1-12-10-4-2-9(3-5-10)6-7-13-8-11/h2-5H,6-7H2,1H3. The summed E-state index contributed by atoms with van der Waals surface area (Å²) in [6.07, 6.45) is 0.708. The minimum Gasteiger partial charge on any atom is -0.497 e. The molecule has 0 heterocycles. The molecular weight excluding hydrogens is 168 g/mol. The molecule has 0 aliphatic carbocycles. The van der Waals surface area contributed by atoms with Gasteiger partial charge in [-0.25, -0.2) is 4.79 Å². The maximum atomic E-state index is 9.73. The minimum atomic E-state index is 0.371. The van der Waals surface area contributed by atoms with Crippen molar-refractivity contribution in [3.63, 3.8) is 0 Å². The highest BCUT2D eigenvalue weighted by Gasteiger charge is 1.94. The van der Waals surface area contributed by atoms with Crippen LogP contribution < -0.4 is 4.74 Å². The van der Waals surface area contributed by atoms with Crippen LogP contribution in [0.25, 0.3) is 0 Å². The van der Waals surface area contributed by atoms with Gasteiger partial charge in [-0.1, -0.05) is 12.1 Å². The first-order valence-corrected chi connectivity index (χ1v) is 3.98. The number of benzene rings is 1. The molecule has 1 radical (unpaired) electrons. The predicted octanol–water partition coefficient (Wildman–Crippen LogP) is 1.32. The van der Waals surface area contributed by atoms with Crippen LogP contribution in [0.1, 0.15) is 5.56 Å². The lowest BCUT2D eigenvalue weighted by Crippen LogP contribution is -1.96. The molecule has 0 atom stereocenters. The Morgan fingerprint density at radius 3 is 2.54 bits per heavy atom. The third kappa shape index (κ3) is 3.15. The lowest BCUT2D eigenvalue weighted by molar-refractivity contribution is 0.281. The summed E-state index contributed by atoms with van der Waals surface area (Å²) in [5.74, 6) is 0.826. The number of ether oxygens (including phenoxy) is 2. The highest BCUT2D eigenvalue weighted by molar-refractivity contribution is 5.38. The van der Waals surface area contributed by atoms with Crippen molar-refractivity contribution in [1.29, 1.82) is 0 Å². The number of carbonyl (C=O) groups excluding carboxylic acids is 1. The minimum absolute atomic E-state index is 0.371. The SMILES string of the molecule is COc1ccc(CCO[C]=O)cc1. The van der Waals surface area contributed by atoms with Crippen LogP contribution in [-0.4, -0.2) is 20.2 Å². The summed E-state index contributed by atoms with van der Waals surface area (Å²) in [7, 11) is 1.62. The number of rotatable bonds is 5. The molecule has 0 aliphatic heterocycles. The molecular formula is C10H11O3. The van der Waals surface area contributed by atoms with E-state index in [9.17, 15) is 4.79 Å². The van der Waals surface area contributed by atoms with Gasteiger partial charge in [0, 0.05) is 6.42 Å². The summed E-state index contributed by atoms with van der Waals surface area (Å²) in [5.41, 5.74) is 1.11. The molecule has 0 aliphatic rings. The van der Waals surface area contributed by atoms with E-state index in [1.54, 1.807) is 7.11 Å². The fourth-order valence-corrected chi connectivity index (χ4v) is 1.00. The Bertz CT molecular complexity index is 253. The molecule has 0 aromatic heterocycles. The van der Waals surface area contributed by atoms with Crippen molar-refractivity contribution in [2.75, 3.05) is 13.7 Å². The van der Waals surface area contributed by atoms with Gasteiger partial charge in [0.05, 0.1) is 13.7 Å². The maximum absolute atomic E-state index is 9.73. The van der Waals surface area contributed by atoms with E-state index < -0.39 is 0 Å². The summed E-state index contributed by atoms with van der Waals surface area (Å²) in [5, 5.41) is 0. The lowest BCUT2D eigenvalue weighted by Gasteiger charge is -2.01. The molecule has 3 nitrogen and oxygen atoms in total. The van der Waals surface area contributed by atoms with Crippen LogP contribution in [0.2, 0.25) is 0 Å². The van der Waals surface area contributed by atoms with Gasteiger partial charge in [0.15, 0.2) is 0 Å². The second kappa shape index (κ2) is 5.19. The molecule has 0 N–H and O–H groups in total. The number of hydrogen-bond donors (Lipinski definition) is 0. The Morgan fingerprint density at radius 2 is 2.00 bits per heavy atom. The van der Waals surface area contributed by atoms with E-state index in [0.29, 0.717) is 13.0 Å². The van der Waals surface area contributed by atoms with Gasteiger partial charge in [-0.05, 0) is 17.7 Å². The number of methoxy groups -OCH3 is 1. The zero-order valence-corrected chi connectivity index (χ0v) is 7.45. The van der Waals surface area contributed by atoms with Gasteiger partial charge >= 0.3 is 6.47 Å². The van der Waals surface area contributed by atoms with E-state index in [1.165, 1.54) is 6.47 Å². The topological polar surface area (TPSA) is 35.5 Å². The van der Waals surface area contributed by atoms with Crippen molar-refractivity contribution in [3.05, 3.63) is 29.8 Å². The Labute approximate surface area is 77.3 Å². The van der Waals surface area contributed by atoms with E-state index in [-0.39, 0.29) is 0 Å². The first-order chi connectivity index (χ1) is 6.36. The van der Waals surface area contributed by atoms with Crippen LogP contribution in [0.5, 0.6) is 5.75 Å². The molecule has 1 rings (SSSR count). The predicted molar refractivity (Wildman–Crippen MR) is 48.3 cm³/mol. The maximum Gasteiger partial charge on any atom is 0.417 e. The molecule has 0 saturated heterocycles. The third-order valence-corrected chi connectivity index (χ3v) is 1.71. The van der Waals surface area contributed by atoms with Crippen LogP contribution in [0.4, 0.5) is 0 Å². The van der Waals surface area contributed by atoms with E-state index >= 15 is 0 Å². The van der Waals surface area contributed by atoms with E-state index in [1.807, 2.05) is 24.3 Å². The van der Waals surface area contributed by atoms with E-state index in [0.717, 1.165) is 11.3 Å². The van der Waals surface area contributed by atoms with Crippen LogP contribution in [0.3, 0.4) is 0 Å². The molecule has 0 bridgehead atoms. The lowest BCUT2D eigenvalue weighted by atomic mass is 10.1. The van der Waals surface area contributed by atoms with Crippen LogP contribution in [0, 0.1) is 0 Å². The van der Waals surface area contributed by atoms with Crippen molar-refractivity contribution in [1.82, 2.24) is 0 Å². The molecule has 1 aromatic carbocycles. The molecule has 0 amide bonds. The van der Waals surface area contributed by atoms with Gasteiger partial charge in [0.2, 0.25) is 0 Å². The van der Waals surface area contributed by atoms with E-state index in [4.69, 9.17) is 4.74 Å². The van der Waals surface area contributed by atoms with E-state index in [2.05, 4.69) is 4.74 Å². The molecule has 13 heavy (non-hydrogen) atoms. The van der Waals surface area contributed by atoms with Gasteiger partial charge in [0.1, 0.15) is 5.75 Å². The van der Waals surface area contributed by atoms with Crippen molar-refractivity contribution in [2.45, 2.75) is 6.42 Å². The van der Waals surface area contributed by atoms with Gasteiger partial charge in [-0.3, -0.25) is 0 Å². The summed E-state index contributed by atoms with van der Waals surface area (Å²) < 4.78 is 9.46. The first-order valence-electron chi connectivity index (χ1n) is 3.98. The molecule has 1 aromatic rings. The fraction of sp³-hybridized carbons (Fsp3) is 0.300. The smallest absolute Gasteiger partial charge is 0.417 e. The highest BCUT2D eigenvalue weighted by Crippen LogP contribution is 2.11. The van der Waals surface area contributed by atoms with Gasteiger partial charge in [-0.2, -0.15) is 0 Å². The molecule has 0 fully saturated rings. The van der Waals surface area contributed by atoms with Gasteiger partial charge in [0.25, 0.3) is 0 Å². The van der Waals surface area contributed by atoms with Gasteiger partial charge in [-0.15, -0.1) is 0 Å². The second-order valence-electron chi connectivity index (χ2n) is 2.53. The Hall–Kier alpha value is -1.51. The quantitative estimate of drug-likeness (QED) is 0.639. The molecule has 0 unspecified atom stereocenters. The van der Waals surface area contributed by atoms with Crippen LogP contribution >= 0.6 is 0 Å². The molecule has 69 valence electrons. The molecule has 0 spiro atoms. The highest BCUT2D eigenvalue weighted by atomic mass is 16.5. The summed E-state index contributed by atoms with van der Waals surface area (Å²) in [6.45, 7) is 1.76. The monoisotopic (exact) mass is 179 g/mol. The Balaban J connectivity index is 2.44. The summed E-state index contributed by atoms with van der Waals surface area (Å²) in [4.78, 5) is 9.73.